The van der Waals surface area contributed by atoms with E-state index >= 15 is 0 Å². The average Bonchev–Trinajstić information content (AvgIpc) is 3.30. The molecule has 0 aromatic carbocycles. The topological polar surface area (TPSA) is 77.0 Å². The van der Waals surface area contributed by atoms with E-state index in [9.17, 15) is 9.90 Å². The van der Waals surface area contributed by atoms with Crippen molar-refractivity contribution in [2.24, 2.45) is 10.9 Å². The fourth-order valence-corrected chi connectivity index (χ4v) is 5.43. The second kappa shape index (κ2) is 9.31. The van der Waals surface area contributed by atoms with Crippen LogP contribution in [0.2, 0.25) is 0 Å². The molecule has 1 saturated carbocycles. The van der Waals surface area contributed by atoms with Crippen molar-refractivity contribution < 1.29 is 9.90 Å². The molecule has 2 heterocycles. The molecular formula is C19H34N4O2S. The first kappa shape index (κ1) is 19.8. The quantitative estimate of drug-likeness (QED) is 0.497. The molecule has 3 rings (SSSR count). The van der Waals surface area contributed by atoms with E-state index in [2.05, 4.69) is 15.6 Å². The molecule has 1 aliphatic carbocycles. The molecular weight excluding hydrogens is 348 g/mol. The fourth-order valence-electron chi connectivity index (χ4n) is 4.15. The Labute approximate surface area is 161 Å². The highest BCUT2D eigenvalue weighted by Crippen LogP contribution is 2.28. The van der Waals surface area contributed by atoms with Crippen molar-refractivity contribution in [2.45, 2.75) is 63.5 Å². The van der Waals surface area contributed by atoms with E-state index in [1.165, 1.54) is 19.3 Å². The first-order valence-electron chi connectivity index (χ1n) is 10.2. The van der Waals surface area contributed by atoms with Crippen LogP contribution in [0.25, 0.3) is 0 Å². The molecule has 6 nitrogen and oxygen atoms in total. The summed E-state index contributed by atoms with van der Waals surface area (Å²) in [5.74, 6) is 3.14. The van der Waals surface area contributed by atoms with Crippen LogP contribution in [-0.2, 0) is 4.79 Å². The number of nitrogens with zero attached hydrogens (tertiary/aromatic N) is 2. The normalized spacial score (nSPS) is 30.6. The maximum atomic E-state index is 12.7. The Bertz CT molecular complexity index is 502. The SMILES string of the molecule is CCNC(=NCC1(O)CCSC1)NC1CCN(C(=O)C2CCCCC2)C1. The van der Waals surface area contributed by atoms with Crippen molar-refractivity contribution in [2.75, 3.05) is 37.7 Å². The van der Waals surface area contributed by atoms with Crippen molar-refractivity contribution >= 4 is 23.6 Å². The number of amides is 1. The minimum absolute atomic E-state index is 0.243. The van der Waals surface area contributed by atoms with Gasteiger partial charge in [-0.15, -0.1) is 0 Å². The molecule has 2 aliphatic heterocycles. The summed E-state index contributed by atoms with van der Waals surface area (Å²) in [6.45, 7) is 4.88. The van der Waals surface area contributed by atoms with Crippen LogP contribution in [0.15, 0.2) is 4.99 Å². The van der Waals surface area contributed by atoms with E-state index in [0.29, 0.717) is 12.5 Å². The highest BCUT2D eigenvalue weighted by atomic mass is 32.2. The van der Waals surface area contributed by atoms with E-state index in [0.717, 1.165) is 62.8 Å². The van der Waals surface area contributed by atoms with Crippen LogP contribution in [0.1, 0.15) is 51.9 Å². The maximum absolute atomic E-state index is 12.7. The van der Waals surface area contributed by atoms with Crippen LogP contribution in [0, 0.1) is 5.92 Å². The Balaban J connectivity index is 1.50. The molecule has 2 atom stereocenters. The third kappa shape index (κ3) is 5.28. The van der Waals surface area contributed by atoms with Crippen molar-refractivity contribution in [1.82, 2.24) is 15.5 Å². The molecule has 0 aromatic rings. The van der Waals surface area contributed by atoms with Crippen LogP contribution < -0.4 is 10.6 Å². The number of carbonyl (C=O) groups is 1. The molecule has 3 fully saturated rings. The lowest BCUT2D eigenvalue weighted by Crippen LogP contribution is -2.46. The molecule has 26 heavy (non-hydrogen) atoms. The van der Waals surface area contributed by atoms with Crippen LogP contribution in [0.4, 0.5) is 0 Å². The van der Waals surface area contributed by atoms with Gasteiger partial charge < -0.3 is 20.6 Å². The molecule has 1 amide bonds. The molecule has 3 N–H and O–H groups in total. The third-order valence-corrected chi connectivity index (χ3v) is 6.99. The van der Waals surface area contributed by atoms with Crippen LogP contribution in [0.5, 0.6) is 0 Å². The van der Waals surface area contributed by atoms with Crippen LogP contribution in [0.3, 0.4) is 0 Å². The lowest BCUT2D eigenvalue weighted by Gasteiger charge is -2.26. The van der Waals surface area contributed by atoms with Gasteiger partial charge in [-0.25, -0.2) is 0 Å². The number of hydrogen-bond acceptors (Lipinski definition) is 4. The largest absolute Gasteiger partial charge is 0.387 e. The molecule has 148 valence electrons. The third-order valence-electron chi connectivity index (χ3n) is 5.75. The smallest absolute Gasteiger partial charge is 0.225 e. The van der Waals surface area contributed by atoms with Crippen molar-refractivity contribution in [3.63, 3.8) is 0 Å². The number of likely N-dealkylation sites (tertiary alicyclic amines) is 1. The van der Waals surface area contributed by atoms with Gasteiger partial charge in [0.25, 0.3) is 0 Å². The highest BCUT2D eigenvalue weighted by Gasteiger charge is 2.33. The maximum Gasteiger partial charge on any atom is 0.225 e. The zero-order valence-corrected chi connectivity index (χ0v) is 16.8. The number of thioether (sulfide) groups is 1. The number of aliphatic hydroxyl groups is 1. The number of hydrogen-bond donors (Lipinski definition) is 3. The van der Waals surface area contributed by atoms with Gasteiger partial charge >= 0.3 is 0 Å². The minimum atomic E-state index is -0.661. The number of guanidine groups is 1. The summed E-state index contributed by atoms with van der Waals surface area (Å²) in [7, 11) is 0. The average molecular weight is 383 g/mol. The second-order valence-electron chi connectivity index (χ2n) is 7.97. The van der Waals surface area contributed by atoms with Gasteiger partial charge in [-0.2, -0.15) is 11.8 Å². The zero-order chi connectivity index (χ0) is 18.4. The number of carbonyl (C=O) groups excluding carboxylic acids is 1. The minimum Gasteiger partial charge on any atom is -0.387 e. The van der Waals surface area contributed by atoms with Crippen molar-refractivity contribution in [1.29, 1.82) is 0 Å². The highest BCUT2D eigenvalue weighted by molar-refractivity contribution is 7.99. The zero-order valence-electron chi connectivity index (χ0n) is 16.0. The van der Waals surface area contributed by atoms with Gasteiger partial charge in [-0.1, -0.05) is 19.3 Å². The van der Waals surface area contributed by atoms with Gasteiger partial charge in [0.2, 0.25) is 5.91 Å². The van der Waals surface area contributed by atoms with Gasteiger partial charge in [0.1, 0.15) is 0 Å². The summed E-state index contributed by atoms with van der Waals surface area (Å²) in [5.41, 5.74) is -0.661. The summed E-state index contributed by atoms with van der Waals surface area (Å²) in [5, 5.41) is 17.2. The Morgan fingerprint density at radius 1 is 1.31 bits per heavy atom. The first-order valence-corrected chi connectivity index (χ1v) is 11.4. The molecule has 7 heteroatoms. The fraction of sp³-hybridized carbons (Fsp3) is 0.895. The Morgan fingerprint density at radius 3 is 2.81 bits per heavy atom. The van der Waals surface area contributed by atoms with Crippen LogP contribution >= 0.6 is 11.8 Å². The van der Waals surface area contributed by atoms with Gasteiger partial charge in [0.15, 0.2) is 5.96 Å². The molecule has 3 aliphatic rings. The predicted molar refractivity (Wildman–Crippen MR) is 108 cm³/mol. The molecule has 0 spiro atoms. The Kier molecular flexibility index (Phi) is 7.09. The first-order chi connectivity index (χ1) is 12.6. The molecule has 0 bridgehead atoms. The summed E-state index contributed by atoms with van der Waals surface area (Å²) < 4.78 is 0. The second-order valence-corrected chi connectivity index (χ2v) is 9.08. The lowest BCUT2D eigenvalue weighted by atomic mass is 9.88. The summed E-state index contributed by atoms with van der Waals surface area (Å²) in [4.78, 5) is 19.4. The van der Waals surface area contributed by atoms with E-state index < -0.39 is 5.60 Å². The molecule has 2 unspecified atom stereocenters. The van der Waals surface area contributed by atoms with E-state index in [1.807, 2.05) is 11.8 Å². The predicted octanol–water partition coefficient (Wildman–Crippen LogP) is 1.59. The summed E-state index contributed by atoms with van der Waals surface area (Å²) >= 11 is 1.79. The monoisotopic (exact) mass is 382 g/mol. The summed E-state index contributed by atoms with van der Waals surface area (Å²) in [6, 6.07) is 0.243. The number of rotatable bonds is 5. The van der Waals surface area contributed by atoms with Crippen LogP contribution in [-0.4, -0.2) is 71.2 Å². The van der Waals surface area contributed by atoms with Gasteiger partial charge in [-0.3, -0.25) is 9.79 Å². The van der Waals surface area contributed by atoms with Gasteiger partial charge in [0, 0.05) is 37.3 Å². The molecule has 2 saturated heterocycles. The molecule has 0 aromatic heterocycles. The lowest BCUT2D eigenvalue weighted by molar-refractivity contribution is -0.135. The standard InChI is InChI=1S/C19H34N4O2S/c1-2-20-18(21-13-19(25)9-11-26-14-19)22-16-8-10-23(12-16)17(24)15-6-4-3-5-7-15/h15-16,25H,2-14H2,1H3,(H2,20,21,22). The van der Waals surface area contributed by atoms with Gasteiger partial charge in [-0.05, 0) is 38.4 Å². The van der Waals surface area contributed by atoms with Gasteiger partial charge in [0.05, 0.1) is 12.1 Å². The molecule has 0 radical (unpaired) electrons. The number of aliphatic imine (C=N–C) groups is 1. The number of nitrogens with one attached hydrogen (secondary N) is 2. The van der Waals surface area contributed by atoms with Crippen molar-refractivity contribution in [3.8, 4) is 0 Å². The Hall–Kier alpha value is -0.950. The van der Waals surface area contributed by atoms with E-state index in [1.54, 1.807) is 11.8 Å². The van der Waals surface area contributed by atoms with E-state index in [4.69, 9.17) is 0 Å². The van der Waals surface area contributed by atoms with E-state index in [-0.39, 0.29) is 12.0 Å². The Morgan fingerprint density at radius 2 is 2.12 bits per heavy atom. The summed E-state index contributed by atoms with van der Waals surface area (Å²) in [6.07, 6.45) is 7.58. The van der Waals surface area contributed by atoms with Crippen molar-refractivity contribution in [3.05, 3.63) is 0 Å².